The Morgan fingerprint density at radius 2 is 1.03 bits per heavy atom. The van der Waals surface area contributed by atoms with E-state index in [4.69, 9.17) is 13.6 Å². The summed E-state index contributed by atoms with van der Waals surface area (Å²) in [5, 5.41) is 10.0. The van der Waals surface area contributed by atoms with Gasteiger partial charge in [-0.25, -0.2) is 16.8 Å². The maximum atomic E-state index is 12.1. The Kier molecular flexibility index (Phi) is 30.3. The molecular formula is C48H90FN3O7S2Si. The standard InChI is InChI=1S/C17H29NO3SSi.C11H15NO3S.2C8H18.C4H8O.FH2N/c1-17(2,3)23(6,7)21-15-12-13-10-8-9-11-14(13)16(15)18(4)22(5,19)20;1-12(16(2,14)15)11-9-6-4-3-5-8(9)7-10(11)13;2*1-3-5-7-8-6-4-2;1-2-4-5-3-1;1-2/h8-11,15-16H,12H2,1-7H3;3-6,10-11,13H,7H2,1-2H3;2*3-8H2,1-2H3;1-4H2;2H2/t15-,16-;10-,11-;;;;/m11..../s1. The third-order valence-corrected chi connectivity index (χ3v) is 19.2. The normalized spacial score (nSPS) is 19.3. The van der Waals surface area contributed by atoms with Gasteiger partial charge in [-0.15, -0.1) is 4.48 Å². The van der Waals surface area contributed by atoms with E-state index in [2.05, 4.69) is 73.6 Å². The first-order valence-corrected chi connectivity index (χ1v) is 29.9. The molecule has 0 amide bonds. The SMILES string of the molecule is C1CCOC1.CCCCCCCC.CCCCCCCC.CN([C@@H]1c2ccccc2C[C@H]1O)S(C)(=O)=O.CN([C@@H]1c2ccccc2C[C@H]1O[Si](C)(C)C(C)(C)C)S(C)(=O)=O.NF. The molecule has 362 valence electrons. The van der Waals surface area contributed by atoms with Gasteiger partial charge in [0.15, 0.2) is 8.32 Å². The van der Waals surface area contributed by atoms with Crippen LogP contribution in [-0.4, -0.2) is 90.9 Å². The van der Waals surface area contributed by atoms with Gasteiger partial charge in [0, 0.05) is 33.7 Å². The average Bonchev–Trinajstić information content (AvgIpc) is 3.98. The molecule has 0 radical (unpaired) electrons. The lowest BCUT2D eigenvalue weighted by atomic mass is 10.1. The van der Waals surface area contributed by atoms with Crippen molar-refractivity contribution >= 4 is 28.4 Å². The minimum Gasteiger partial charge on any atom is -0.412 e. The fourth-order valence-electron chi connectivity index (χ4n) is 7.25. The number of hydrogen-bond acceptors (Lipinski definition) is 8. The highest BCUT2D eigenvalue weighted by Crippen LogP contribution is 2.44. The number of fused-ring (bicyclic) bond motifs is 2. The van der Waals surface area contributed by atoms with Crippen molar-refractivity contribution in [2.75, 3.05) is 39.8 Å². The third kappa shape index (κ3) is 22.0. The molecule has 2 aromatic rings. The molecule has 3 aliphatic rings. The molecule has 1 aliphatic heterocycles. The molecule has 1 saturated heterocycles. The Hall–Kier alpha value is -1.75. The van der Waals surface area contributed by atoms with Crippen LogP contribution in [-0.2, 0) is 42.1 Å². The molecule has 4 atom stereocenters. The number of nitrogens with two attached hydrogens (primary N) is 1. The van der Waals surface area contributed by atoms with Crippen molar-refractivity contribution < 1.29 is 35.6 Å². The second-order valence-corrected chi connectivity index (χ2v) is 27.2. The first-order valence-electron chi connectivity index (χ1n) is 23.3. The molecule has 0 saturated carbocycles. The van der Waals surface area contributed by atoms with Gasteiger partial charge in [0.1, 0.15) is 0 Å². The second kappa shape index (κ2) is 31.2. The molecule has 10 nitrogen and oxygen atoms in total. The lowest BCUT2D eigenvalue weighted by Gasteiger charge is -2.41. The summed E-state index contributed by atoms with van der Waals surface area (Å²) in [5.74, 6) is 3.00. The van der Waals surface area contributed by atoms with E-state index in [1.807, 2.05) is 42.5 Å². The number of nitrogens with zero attached hydrogens (tertiary/aromatic N) is 2. The van der Waals surface area contributed by atoms with Crippen LogP contribution in [0.15, 0.2) is 48.5 Å². The summed E-state index contributed by atoms with van der Waals surface area (Å²) in [4.78, 5) is 0. The molecule has 2 aromatic carbocycles. The molecule has 5 rings (SSSR count). The number of rotatable bonds is 16. The van der Waals surface area contributed by atoms with Crippen LogP contribution < -0.4 is 5.96 Å². The largest absolute Gasteiger partial charge is 0.412 e. The zero-order valence-corrected chi connectivity index (χ0v) is 43.9. The summed E-state index contributed by atoms with van der Waals surface area (Å²) in [5.41, 5.74) is 4.19. The van der Waals surface area contributed by atoms with Crippen LogP contribution in [0.25, 0.3) is 0 Å². The molecule has 0 bridgehead atoms. The Bertz CT molecular complexity index is 1660. The highest BCUT2D eigenvalue weighted by molar-refractivity contribution is 7.88. The first kappa shape index (κ1) is 60.2. The average molecular weight is 932 g/mol. The van der Waals surface area contributed by atoms with Crippen LogP contribution in [0, 0.1) is 0 Å². The van der Waals surface area contributed by atoms with Crippen LogP contribution in [0.1, 0.15) is 173 Å². The monoisotopic (exact) mass is 932 g/mol. The zero-order chi connectivity index (χ0) is 47.6. The van der Waals surface area contributed by atoms with E-state index >= 15 is 0 Å². The van der Waals surface area contributed by atoms with E-state index in [-0.39, 0.29) is 17.2 Å². The van der Waals surface area contributed by atoms with Gasteiger partial charge in [-0.05, 0) is 59.6 Å². The van der Waals surface area contributed by atoms with Gasteiger partial charge in [-0.1, -0.05) is 174 Å². The molecule has 0 aromatic heterocycles. The van der Waals surface area contributed by atoms with Crippen molar-refractivity contribution in [1.82, 2.24) is 8.61 Å². The van der Waals surface area contributed by atoms with Crippen molar-refractivity contribution in [3.63, 3.8) is 0 Å². The van der Waals surface area contributed by atoms with Crippen LogP contribution in [0.2, 0.25) is 18.1 Å². The third-order valence-electron chi connectivity index (χ3n) is 12.1. The van der Waals surface area contributed by atoms with E-state index in [1.54, 1.807) is 7.05 Å². The summed E-state index contributed by atoms with van der Waals surface area (Å²) < 4.78 is 70.5. The number of benzene rings is 2. The summed E-state index contributed by atoms with van der Waals surface area (Å²) >= 11 is 0. The van der Waals surface area contributed by atoms with Gasteiger partial charge in [0.2, 0.25) is 20.0 Å². The topological polar surface area (TPSA) is 139 Å². The van der Waals surface area contributed by atoms with Crippen molar-refractivity contribution in [3.8, 4) is 0 Å². The molecule has 1 fully saturated rings. The van der Waals surface area contributed by atoms with Gasteiger partial charge < -0.3 is 14.3 Å². The fraction of sp³-hybridized carbons (Fsp3) is 0.750. The van der Waals surface area contributed by atoms with Gasteiger partial charge >= 0.3 is 0 Å². The van der Waals surface area contributed by atoms with Crippen molar-refractivity contribution in [3.05, 3.63) is 70.8 Å². The van der Waals surface area contributed by atoms with E-state index in [1.165, 1.54) is 117 Å². The molecule has 62 heavy (non-hydrogen) atoms. The predicted molar refractivity (Wildman–Crippen MR) is 263 cm³/mol. The van der Waals surface area contributed by atoms with E-state index in [9.17, 15) is 21.9 Å². The van der Waals surface area contributed by atoms with Crippen LogP contribution >= 0.6 is 0 Å². The second-order valence-electron chi connectivity index (χ2n) is 18.4. The number of aliphatic hydroxyl groups is 1. The summed E-state index contributed by atoms with van der Waals surface area (Å²) in [6, 6.07) is 14.9. The maximum Gasteiger partial charge on any atom is 0.211 e. The molecule has 1 heterocycles. The summed E-state index contributed by atoms with van der Waals surface area (Å²) in [6.07, 6.45) is 22.5. The highest BCUT2D eigenvalue weighted by atomic mass is 32.2. The lowest BCUT2D eigenvalue weighted by Crippen LogP contribution is -2.47. The van der Waals surface area contributed by atoms with Crippen LogP contribution in [0.4, 0.5) is 4.48 Å². The Labute approximate surface area is 381 Å². The molecular weight excluding hydrogens is 842 g/mol. The zero-order valence-electron chi connectivity index (χ0n) is 41.2. The predicted octanol–water partition coefficient (Wildman–Crippen LogP) is 11.5. The van der Waals surface area contributed by atoms with Crippen LogP contribution in [0.5, 0.6) is 0 Å². The molecule has 3 N–H and O–H groups in total. The number of halogens is 1. The molecule has 14 heteroatoms. The van der Waals surface area contributed by atoms with Gasteiger partial charge in [-0.2, -0.15) is 14.6 Å². The van der Waals surface area contributed by atoms with Gasteiger partial charge in [0.05, 0.1) is 36.8 Å². The van der Waals surface area contributed by atoms with Crippen LogP contribution in [0.3, 0.4) is 0 Å². The van der Waals surface area contributed by atoms with E-state index in [0.29, 0.717) is 6.42 Å². The highest BCUT2D eigenvalue weighted by Gasteiger charge is 2.45. The minimum atomic E-state index is -3.29. The smallest absolute Gasteiger partial charge is 0.211 e. The number of unbranched alkanes of at least 4 members (excludes halogenated alkanes) is 10. The molecule has 2 aliphatic carbocycles. The minimum absolute atomic E-state index is 0.0932. The molecule has 0 unspecified atom stereocenters. The Morgan fingerprint density at radius 1 is 0.677 bits per heavy atom. The first-order chi connectivity index (χ1) is 29.1. The van der Waals surface area contributed by atoms with Crippen molar-refractivity contribution in [2.24, 2.45) is 5.96 Å². The molecule has 0 spiro atoms. The van der Waals surface area contributed by atoms with Crippen molar-refractivity contribution in [2.45, 2.75) is 194 Å². The number of hydrogen-bond donors (Lipinski definition) is 2. The summed E-state index contributed by atoms with van der Waals surface area (Å²) in [7, 11) is -5.39. The van der Waals surface area contributed by atoms with Crippen molar-refractivity contribution in [1.29, 1.82) is 0 Å². The number of ether oxygens (including phenoxy) is 1. The Balaban J connectivity index is 0.000000823. The van der Waals surface area contributed by atoms with E-state index in [0.717, 1.165) is 42.6 Å². The maximum absolute atomic E-state index is 12.1. The lowest BCUT2D eigenvalue weighted by molar-refractivity contribution is 0.113. The van der Waals surface area contributed by atoms with Gasteiger partial charge in [0.25, 0.3) is 0 Å². The van der Waals surface area contributed by atoms with E-state index < -0.39 is 40.5 Å². The van der Waals surface area contributed by atoms with Gasteiger partial charge in [-0.3, -0.25) is 0 Å². The number of aliphatic hydroxyl groups excluding tert-OH is 1. The number of sulfonamides is 2. The fourth-order valence-corrected chi connectivity index (χ4v) is 9.90. The summed E-state index contributed by atoms with van der Waals surface area (Å²) in [6.45, 7) is 22.1. The Morgan fingerprint density at radius 3 is 1.37 bits per heavy atom. The number of likely N-dealkylation sites (N-methyl/N-ethyl adjacent to an activating group) is 2. The quantitative estimate of drug-likeness (QED) is 0.0964.